The zero-order valence-corrected chi connectivity index (χ0v) is 10.5. The molecule has 2 amide bonds. The Morgan fingerprint density at radius 3 is 2.75 bits per heavy atom. The van der Waals surface area contributed by atoms with Crippen LogP contribution in [0.5, 0.6) is 0 Å². The minimum absolute atomic E-state index is 0.130. The van der Waals surface area contributed by atoms with E-state index in [1.54, 1.807) is 0 Å². The van der Waals surface area contributed by atoms with Gasteiger partial charge in [0.25, 0.3) is 0 Å². The normalized spacial score (nSPS) is 10.1. The molecule has 1 aromatic heterocycles. The second-order valence-corrected chi connectivity index (χ2v) is 5.08. The van der Waals surface area contributed by atoms with E-state index in [1.165, 1.54) is 11.3 Å². The largest absolute Gasteiger partial charge is 0.370 e. The van der Waals surface area contributed by atoms with Crippen molar-refractivity contribution >= 4 is 35.4 Å². The van der Waals surface area contributed by atoms with Crippen molar-refractivity contribution in [3.05, 3.63) is 14.5 Å². The van der Waals surface area contributed by atoms with Gasteiger partial charge in [0.2, 0.25) is 11.8 Å². The van der Waals surface area contributed by atoms with Crippen LogP contribution in [0.2, 0.25) is 0 Å². The van der Waals surface area contributed by atoms with Gasteiger partial charge in [0.05, 0.1) is 6.42 Å². The molecule has 1 heterocycles. The highest BCUT2D eigenvalue weighted by molar-refractivity contribution is 7.73. The van der Waals surface area contributed by atoms with Crippen molar-refractivity contribution in [3.8, 4) is 0 Å². The Morgan fingerprint density at radius 2 is 2.25 bits per heavy atom. The van der Waals surface area contributed by atoms with E-state index >= 15 is 0 Å². The predicted molar refractivity (Wildman–Crippen MR) is 64.8 cm³/mol. The van der Waals surface area contributed by atoms with Crippen LogP contribution in [-0.4, -0.2) is 23.3 Å². The maximum Gasteiger partial charge on any atom is 0.225 e. The van der Waals surface area contributed by atoms with Crippen LogP contribution in [0.3, 0.4) is 0 Å². The fraction of sp³-hybridized carbons (Fsp3) is 0.444. The summed E-state index contributed by atoms with van der Waals surface area (Å²) in [5.41, 5.74) is 5.87. The monoisotopic (exact) mass is 259 g/mol. The Hall–Kier alpha value is -1.21. The number of H-pyrrole nitrogens is 1. The van der Waals surface area contributed by atoms with Crippen LogP contribution in [0.4, 0.5) is 0 Å². The second-order valence-electron chi connectivity index (χ2n) is 3.31. The van der Waals surface area contributed by atoms with Crippen molar-refractivity contribution in [3.63, 3.8) is 0 Å². The fourth-order valence-electron chi connectivity index (χ4n) is 1.14. The Balaban J connectivity index is 2.43. The quantitative estimate of drug-likeness (QED) is 0.678. The number of primary amides is 1. The Labute approximate surface area is 102 Å². The van der Waals surface area contributed by atoms with E-state index in [0.29, 0.717) is 3.95 Å². The molecule has 0 unspecified atom stereocenters. The number of aryl methyl sites for hydroxylation is 1. The molecule has 0 saturated heterocycles. The van der Waals surface area contributed by atoms with Crippen LogP contribution in [0, 0.1) is 10.9 Å². The van der Waals surface area contributed by atoms with Crippen LogP contribution >= 0.6 is 23.6 Å². The molecule has 7 heteroatoms. The number of amides is 2. The molecular formula is C9H13N3O2S2. The molecule has 88 valence electrons. The van der Waals surface area contributed by atoms with E-state index in [-0.39, 0.29) is 25.3 Å². The zero-order chi connectivity index (χ0) is 12.1. The van der Waals surface area contributed by atoms with Gasteiger partial charge in [-0.05, 0) is 19.1 Å². The van der Waals surface area contributed by atoms with Crippen LogP contribution in [0.1, 0.15) is 17.0 Å². The molecule has 0 aliphatic rings. The van der Waals surface area contributed by atoms with Crippen molar-refractivity contribution in [2.24, 2.45) is 5.73 Å². The molecular weight excluding hydrogens is 246 g/mol. The molecule has 0 spiro atoms. The molecule has 16 heavy (non-hydrogen) atoms. The highest BCUT2D eigenvalue weighted by Crippen LogP contribution is 2.14. The first kappa shape index (κ1) is 12.9. The van der Waals surface area contributed by atoms with Gasteiger partial charge in [-0.25, -0.2) is 0 Å². The molecule has 0 aliphatic heterocycles. The number of hydrogen-bond donors (Lipinski definition) is 3. The number of carbonyl (C=O) groups is 2. The summed E-state index contributed by atoms with van der Waals surface area (Å²) < 4.78 is 0.664. The first-order valence-electron chi connectivity index (χ1n) is 4.72. The average molecular weight is 259 g/mol. The van der Waals surface area contributed by atoms with Gasteiger partial charge in [-0.2, -0.15) is 0 Å². The molecule has 0 aliphatic carbocycles. The lowest BCUT2D eigenvalue weighted by molar-refractivity contribution is -0.120. The maximum absolute atomic E-state index is 11.5. The predicted octanol–water partition coefficient (Wildman–Crippen LogP) is 0.648. The summed E-state index contributed by atoms with van der Waals surface area (Å²) in [7, 11) is 0. The van der Waals surface area contributed by atoms with Crippen molar-refractivity contribution in [1.82, 2.24) is 10.3 Å². The number of aromatic amines is 1. The highest BCUT2D eigenvalue weighted by atomic mass is 32.1. The summed E-state index contributed by atoms with van der Waals surface area (Å²) in [5, 5.41) is 2.62. The van der Waals surface area contributed by atoms with E-state index < -0.39 is 5.91 Å². The highest BCUT2D eigenvalue weighted by Gasteiger charge is 2.08. The molecule has 1 aromatic rings. The van der Waals surface area contributed by atoms with E-state index in [9.17, 15) is 9.59 Å². The number of thiazole rings is 1. The van der Waals surface area contributed by atoms with Crippen molar-refractivity contribution in [1.29, 1.82) is 0 Å². The van der Waals surface area contributed by atoms with Gasteiger partial charge in [0.15, 0.2) is 3.95 Å². The van der Waals surface area contributed by atoms with Crippen LogP contribution in [-0.2, 0) is 16.0 Å². The minimum atomic E-state index is -0.422. The number of hydrogen-bond acceptors (Lipinski definition) is 4. The molecule has 1 rings (SSSR count). The van der Waals surface area contributed by atoms with Gasteiger partial charge in [0.1, 0.15) is 0 Å². The molecule has 4 N–H and O–H groups in total. The van der Waals surface area contributed by atoms with E-state index in [2.05, 4.69) is 10.3 Å². The van der Waals surface area contributed by atoms with Gasteiger partial charge >= 0.3 is 0 Å². The van der Waals surface area contributed by atoms with Crippen LogP contribution < -0.4 is 11.1 Å². The molecule has 0 fully saturated rings. The number of nitrogens with one attached hydrogen (secondary N) is 2. The lowest BCUT2D eigenvalue weighted by atomic mass is 10.3. The summed E-state index contributed by atoms with van der Waals surface area (Å²) >= 11 is 6.35. The lowest BCUT2D eigenvalue weighted by Gasteiger charge is -2.02. The molecule has 0 aromatic carbocycles. The molecule has 0 radical (unpaired) electrons. The first-order valence-corrected chi connectivity index (χ1v) is 5.95. The number of carbonyl (C=O) groups excluding carboxylic acids is 2. The number of aromatic nitrogens is 1. The lowest BCUT2D eigenvalue weighted by Crippen LogP contribution is -2.29. The smallest absolute Gasteiger partial charge is 0.225 e. The third kappa shape index (κ3) is 4.11. The Kier molecular flexibility index (Phi) is 4.63. The summed E-state index contributed by atoms with van der Waals surface area (Å²) in [4.78, 5) is 25.8. The van der Waals surface area contributed by atoms with Gasteiger partial charge in [0, 0.05) is 23.5 Å². The molecule has 5 nitrogen and oxygen atoms in total. The fourth-order valence-corrected chi connectivity index (χ4v) is 2.43. The van der Waals surface area contributed by atoms with Gasteiger partial charge in [-0.3, -0.25) is 9.59 Å². The van der Waals surface area contributed by atoms with Gasteiger partial charge < -0.3 is 16.0 Å². The standard InChI is InChI=1S/C9H13N3O2S2/c1-5-6(16-9(15)12-5)4-8(14)11-3-2-7(10)13/h2-4H2,1H3,(H2,10,13)(H,11,14)(H,12,15). The van der Waals surface area contributed by atoms with Crippen molar-refractivity contribution in [2.45, 2.75) is 19.8 Å². The summed E-state index contributed by atoms with van der Waals surface area (Å²) in [5.74, 6) is -0.552. The van der Waals surface area contributed by atoms with Gasteiger partial charge in [-0.1, -0.05) is 0 Å². The average Bonchev–Trinajstić information content (AvgIpc) is 2.44. The van der Waals surface area contributed by atoms with Crippen molar-refractivity contribution in [2.75, 3.05) is 6.54 Å². The molecule has 0 saturated carbocycles. The second kappa shape index (κ2) is 5.76. The first-order chi connectivity index (χ1) is 7.49. The number of nitrogens with two attached hydrogens (primary N) is 1. The van der Waals surface area contributed by atoms with E-state index in [0.717, 1.165) is 10.6 Å². The van der Waals surface area contributed by atoms with Crippen molar-refractivity contribution < 1.29 is 9.59 Å². The topological polar surface area (TPSA) is 88.0 Å². The third-order valence-corrected chi connectivity index (χ3v) is 3.27. The Bertz CT molecular complexity index is 450. The molecule has 0 bridgehead atoms. The summed E-state index contributed by atoms with van der Waals surface area (Å²) in [6, 6.07) is 0. The van der Waals surface area contributed by atoms with Gasteiger partial charge in [-0.15, -0.1) is 11.3 Å². The van der Waals surface area contributed by atoms with Crippen LogP contribution in [0.25, 0.3) is 0 Å². The minimum Gasteiger partial charge on any atom is -0.370 e. The number of rotatable bonds is 5. The Morgan fingerprint density at radius 1 is 1.56 bits per heavy atom. The summed E-state index contributed by atoms with van der Waals surface area (Å²) in [6.45, 7) is 2.15. The molecule has 0 atom stereocenters. The zero-order valence-electron chi connectivity index (χ0n) is 8.83. The maximum atomic E-state index is 11.5. The van der Waals surface area contributed by atoms with Crippen LogP contribution in [0.15, 0.2) is 0 Å². The third-order valence-electron chi connectivity index (χ3n) is 1.94. The SMILES string of the molecule is Cc1[nH]c(=S)sc1CC(=O)NCCC(N)=O. The van der Waals surface area contributed by atoms with E-state index in [1.807, 2.05) is 6.92 Å². The van der Waals surface area contributed by atoms with E-state index in [4.69, 9.17) is 18.0 Å². The summed E-state index contributed by atoms with van der Waals surface area (Å²) in [6.07, 6.45) is 0.440.